The minimum Gasteiger partial charge on any atom is -0.309 e. The largest absolute Gasteiger partial charge is 0.309 e. The van der Waals surface area contributed by atoms with Crippen molar-refractivity contribution in [1.29, 1.82) is 0 Å². The highest BCUT2D eigenvalue weighted by atomic mass is 79.9. The summed E-state index contributed by atoms with van der Waals surface area (Å²) in [6, 6.07) is 11.6. The van der Waals surface area contributed by atoms with Gasteiger partial charge in [-0.2, -0.15) is 0 Å². The maximum atomic E-state index is 3.71. The summed E-state index contributed by atoms with van der Waals surface area (Å²) >= 11 is 9.09. The highest BCUT2D eigenvalue weighted by Crippen LogP contribution is 2.41. The highest BCUT2D eigenvalue weighted by Gasteiger charge is 2.28. The van der Waals surface area contributed by atoms with Crippen LogP contribution in [-0.4, -0.2) is 6.54 Å². The van der Waals surface area contributed by atoms with Crippen LogP contribution in [0.2, 0.25) is 0 Å². The molecule has 2 unspecified atom stereocenters. The fourth-order valence-electron chi connectivity index (χ4n) is 3.25. The molecule has 0 amide bonds. The first-order chi connectivity index (χ1) is 10.2. The number of thiophene rings is 1. The molecule has 0 aliphatic heterocycles. The van der Waals surface area contributed by atoms with Gasteiger partial charge in [-0.05, 0) is 80.8 Å². The Morgan fingerprint density at radius 3 is 2.71 bits per heavy atom. The fraction of sp³-hybridized carbons (Fsp3) is 0.412. The fourth-order valence-corrected chi connectivity index (χ4v) is 5.51. The predicted molar refractivity (Wildman–Crippen MR) is 98.1 cm³/mol. The average molecular weight is 429 g/mol. The first-order valence-electron chi connectivity index (χ1n) is 7.44. The number of hydrogen-bond donors (Lipinski definition) is 1. The summed E-state index contributed by atoms with van der Waals surface area (Å²) in [5, 5.41) is 3.71. The van der Waals surface area contributed by atoms with Crippen LogP contribution in [0.15, 0.2) is 38.6 Å². The molecule has 0 fully saturated rings. The van der Waals surface area contributed by atoms with Gasteiger partial charge in [-0.1, -0.05) is 31.2 Å². The van der Waals surface area contributed by atoms with E-state index in [9.17, 15) is 0 Å². The number of nitrogens with one attached hydrogen (secondary N) is 1. The van der Waals surface area contributed by atoms with Gasteiger partial charge in [0.05, 0.1) is 3.79 Å². The molecule has 0 bridgehead atoms. The number of rotatable bonds is 4. The van der Waals surface area contributed by atoms with Gasteiger partial charge in [-0.25, -0.2) is 0 Å². The molecule has 1 aliphatic rings. The predicted octanol–water partition coefficient (Wildman–Crippen LogP) is 5.73. The maximum Gasteiger partial charge on any atom is 0.0843 e. The van der Waals surface area contributed by atoms with Crippen LogP contribution in [0.5, 0.6) is 0 Å². The molecule has 2 atom stereocenters. The summed E-state index contributed by atoms with van der Waals surface area (Å²) in [7, 11) is 0. The molecule has 0 saturated heterocycles. The van der Waals surface area contributed by atoms with Gasteiger partial charge in [0.2, 0.25) is 0 Å². The van der Waals surface area contributed by atoms with E-state index in [4.69, 9.17) is 0 Å². The summed E-state index contributed by atoms with van der Waals surface area (Å²) < 4.78 is 2.36. The topological polar surface area (TPSA) is 12.0 Å². The van der Waals surface area contributed by atoms with Crippen molar-refractivity contribution in [2.75, 3.05) is 6.54 Å². The summed E-state index contributed by atoms with van der Waals surface area (Å²) in [4.78, 5) is 1.43. The summed E-state index contributed by atoms with van der Waals surface area (Å²) in [5.74, 6) is 0.678. The molecule has 1 aliphatic carbocycles. The molecule has 0 radical (unpaired) electrons. The molecule has 1 aromatic heterocycles. The lowest BCUT2D eigenvalue weighted by Gasteiger charge is -2.31. The Kier molecular flexibility index (Phi) is 5.20. The van der Waals surface area contributed by atoms with E-state index in [-0.39, 0.29) is 0 Å². The van der Waals surface area contributed by atoms with Crippen molar-refractivity contribution in [3.8, 4) is 0 Å². The van der Waals surface area contributed by atoms with Crippen molar-refractivity contribution >= 4 is 43.2 Å². The summed E-state index contributed by atoms with van der Waals surface area (Å²) in [5.41, 5.74) is 3.07. The van der Waals surface area contributed by atoms with Crippen molar-refractivity contribution in [2.24, 2.45) is 5.92 Å². The van der Waals surface area contributed by atoms with Crippen LogP contribution in [0.3, 0.4) is 0 Å². The molecule has 0 spiro atoms. The van der Waals surface area contributed by atoms with Crippen molar-refractivity contribution in [1.82, 2.24) is 5.32 Å². The number of halogens is 2. The van der Waals surface area contributed by atoms with E-state index in [1.165, 1.54) is 43.5 Å². The molecule has 0 saturated carbocycles. The molecule has 3 rings (SSSR count). The quantitative estimate of drug-likeness (QED) is 0.655. The Morgan fingerprint density at radius 2 is 2.05 bits per heavy atom. The first-order valence-corrected chi connectivity index (χ1v) is 9.84. The monoisotopic (exact) mass is 427 g/mol. The third-order valence-corrected chi connectivity index (χ3v) is 7.59. The van der Waals surface area contributed by atoms with Gasteiger partial charge in [0.1, 0.15) is 0 Å². The van der Waals surface area contributed by atoms with E-state index in [1.54, 1.807) is 0 Å². The molecule has 1 heterocycles. The van der Waals surface area contributed by atoms with Crippen molar-refractivity contribution in [3.05, 3.63) is 54.6 Å². The lowest BCUT2D eigenvalue weighted by Crippen LogP contribution is -2.31. The molecular weight excluding hydrogens is 410 g/mol. The van der Waals surface area contributed by atoms with Gasteiger partial charge in [-0.3, -0.25) is 0 Å². The second-order valence-corrected chi connectivity index (χ2v) is 8.83. The SMILES string of the molecule is CCNC(c1cc(Br)c(Br)s1)C1CCc2ccccc2C1. The third kappa shape index (κ3) is 3.44. The second kappa shape index (κ2) is 6.95. The average Bonchev–Trinajstić information content (AvgIpc) is 2.83. The molecule has 21 heavy (non-hydrogen) atoms. The molecular formula is C17H19Br2NS. The third-order valence-electron chi connectivity index (χ3n) is 4.25. The number of fused-ring (bicyclic) bond motifs is 1. The van der Waals surface area contributed by atoms with Crippen LogP contribution in [0.1, 0.15) is 35.4 Å². The van der Waals surface area contributed by atoms with Gasteiger partial charge in [-0.15, -0.1) is 11.3 Å². The molecule has 112 valence electrons. The van der Waals surface area contributed by atoms with Gasteiger partial charge in [0, 0.05) is 15.4 Å². The number of benzene rings is 1. The van der Waals surface area contributed by atoms with Crippen LogP contribution in [-0.2, 0) is 12.8 Å². The standard InChI is InChI=1S/C17H19Br2NS/c1-2-20-16(15-10-14(18)17(19)21-15)13-8-7-11-5-3-4-6-12(11)9-13/h3-6,10,13,16,20H,2,7-9H2,1H3. The summed E-state index contributed by atoms with van der Waals surface area (Å²) in [6.45, 7) is 3.21. The van der Waals surface area contributed by atoms with E-state index >= 15 is 0 Å². The first kappa shape index (κ1) is 15.7. The number of aryl methyl sites for hydroxylation is 1. The zero-order valence-corrected chi connectivity index (χ0v) is 16.0. The number of hydrogen-bond acceptors (Lipinski definition) is 2. The zero-order valence-electron chi connectivity index (χ0n) is 12.0. The van der Waals surface area contributed by atoms with E-state index in [0.29, 0.717) is 12.0 Å². The minimum absolute atomic E-state index is 0.455. The Bertz CT molecular complexity index is 604. The van der Waals surface area contributed by atoms with Crippen LogP contribution in [0.25, 0.3) is 0 Å². The molecule has 1 nitrogen and oxygen atoms in total. The van der Waals surface area contributed by atoms with E-state index < -0.39 is 0 Å². The van der Waals surface area contributed by atoms with Crippen LogP contribution < -0.4 is 5.32 Å². The van der Waals surface area contributed by atoms with E-state index in [0.717, 1.165) is 6.54 Å². The van der Waals surface area contributed by atoms with Gasteiger partial charge in [0.25, 0.3) is 0 Å². The van der Waals surface area contributed by atoms with Crippen LogP contribution in [0, 0.1) is 5.92 Å². The molecule has 1 N–H and O–H groups in total. The minimum atomic E-state index is 0.455. The highest BCUT2D eigenvalue weighted by molar-refractivity contribution is 9.13. The molecule has 4 heteroatoms. The van der Waals surface area contributed by atoms with Crippen molar-refractivity contribution in [3.63, 3.8) is 0 Å². The molecule has 2 aromatic rings. The van der Waals surface area contributed by atoms with Gasteiger partial charge in [0.15, 0.2) is 0 Å². The second-order valence-electron chi connectivity index (χ2n) is 5.58. The van der Waals surface area contributed by atoms with Gasteiger partial charge >= 0.3 is 0 Å². The van der Waals surface area contributed by atoms with Crippen molar-refractivity contribution in [2.45, 2.75) is 32.2 Å². The van der Waals surface area contributed by atoms with E-state index in [2.05, 4.69) is 74.4 Å². The molecule has 1 aromatic carbocycles. The smallest absolute Gasteiger partial charge is 0.0843 e. The van der Waals surface area contributed by atoms with Crippen LogP contribution in [0.4, 0.5) is 0 Å². The lowest BCUT2D eigenvalue weighted by molar-refractivity contribution is 0.334. The summed E-state index contributed by atoms with van der Waals surface area (Å²) in [6.07, 6.45) is 3.65. The van der Waals surface area contributed by atoms with Crippen molar-refractivity contribution < 1.29 is 0 Å². The van der Waals surface area contributed by atoms with Crippen LogP contribution >= 0.6 is 43.2 Å². The zero-order chi connectivity index (χ0) is 14.8. The lowest BCUT2D eigenvalue weighted by atomic mass is 9.79. The normalized spacial score (nSPS) is 19.3. The van der Waals surface area contributed by atoms with E-state index in [1.807, 2.05) is 11.3 Å². The Labute approximate surface area is 147 Å². The maximum absolute atomic E-state index is 3.71. The Balaban J connectivity index is 1.85. The Hall–Kier alpha value is -0.160. The van der Waals surface area contributed by atoms with Gasteiger partial charge < -0.3 is 5.32 Å². The Morgan fingerprint density at radius 1 is 1.29 bits per heavy atom.